The molecule has 1 unspecified atom stereocenters. The van der Waals surface area contributed by atoms with Crippen LogP contribution in [-0.4, -0.2) is 36.3 Å². The minimum absolute atomic E-state index is 0.0322. The van der Waals surface area contributed by atoms with Crippen molar-refractivity contribution >= 4 is 11.8 Å². The van der Waals surface area contributed by atoms with Crippen LogP contribution in [0.25, 0.3) is 0 Å². The summed E-state index contributed by atoms with van der Waals surface area (Å²) in [6.07, 6.45) is 2.40. The van der Waals surface area contributed by atoms with Gasteiger partial charge in [0.2, 0.25) is 5.91 Å². The van der Waals surface area contributed by atoms with E-state index in [0.29, 0.717) is 25.2 Å². The first-order valence-corrected chi connectivity index (χ1v) is 6.99. The lowest BCUT2D eigenvalue weighted by molar-refractivity contribution is -0.123. The molecule has 1 aromatic carbocycles. The monoisotopic (exact) mass is 275 g/mol. The number of benzene rings is 1. The molecule has 0 radical (unpaired) electrons. The second-order valence-corrected chi connectivity index (χ2v) is 5.23. The number of likely N-dealkylation sites (tertiary alicyclic amines) is 1. The van der Waals surface area contributed by atoms with Gasteiger partial charge in [0.1, 0.15) is 0 Å². The summed E-state index contributed by atoms with van der Waals surface area (Å²) in [5.74, 6) is -0.569. The number of amides is 2. The zero-order valence-electron chi connectivity index (χ0n) is 11.5. The van der Waals surface area contributed by atoms with Gasteiger partial charge in [0, 0.05) is 18.7 Å². The van der Waals surface area contributed by atoms with Crippen molar-refractivity contribution in [3.8, 4) is 0 Å². The van der Waals surface area contributed by atoms with Crippen LogP contribution in [0.1, 0.15) is 28.8 Å². The van der Waals surface area contributed by atoms with Crippen LogP contribution in [0.5, 0.6) is 0 Å². The molecule has 0 bridgehead atoms. The maximum Gasteiger partial charge on any atom is 0.253 e. The number of nitrogens with zero attached hydrogens (tertiary/aromatic N) is 1. The normalized spacial score (nSPS) is 18.9. The van der Waals surface area contributed by atoms with Crippen LogP contribution in [0, 0.1) is 5.92 Å². The molecule has 4 N–H and O–H groups in total. The number of piperidine rings is 1. The summed E-state index contributed by atoms with van der Waals surface area (Å²) in [6.45, 7) is 1.71. The molecule has 108 valence electrons. The van der Waals surface area contributed by atoms with Crippen molar-refractivity contribution in [3.63, 3.8) is 0 Å². The summed E-state index contributed by atoms with van der Waals surface area (Å²) in [7, 11) is 0. The second-order valence-electron chi connectivity index (χ2n) is 5.23. The van der Waals surface area contributed by atoms with Gasteiger partial charge in [0.15, 0.2) is 0 Å². The fraction of sp³-hybridized carbons (Fsp3) is 0.467. The molecular formula is C15H21N3O2. The van der Waals surface area contributed by atoms with Gasteiger partial charge in [-0.25, -0.2) is 0 Å². The Bertz CT molecular complexity index is 484. The lowest BCUT2D eigenvalue weighted by Gasteiger charge is -2.31. The Kier molecular flexibility index (Phi) is 4.74. The standard InChI is InChI=1S/C15H21N3O2/c16-8-7-11-3-5-12(6-4-11)15(20)18-9-1-2-13(10-18)14(17)19/h3-6,13H,1-2,7-10,16H2,(H2,17,19). The highest BCUT2D eigenvalue weighted by Gasteiger charge is 2.27. The van der Waals surface area contributed by atoms with Crippen LogP contribution in [0.4, 0.5) is 0 Å². The molecule has 0 aliphatic carbocycles. The molecule has 1 aromatic rings. The molecule has 1 heterocycles. The highest BCUT2D eigenvalue weighted by atomic mass is 16.2. The number of nitrogens with two attached hydrogens (primary N) is 2. The predicted octanol–water partition coefficient (Wildman–Crippen LogP) is 0.525. The smallest absolute Gasteiger partial charge is 0.253 e. The van der Waals surface area contributed by atoms with Gasteiger partial charge in [0.25, 0.3) is 5.91 Å². The molecule has 20 heavy (non-hydrogen) atoms. The molecule has 0 aromatic heterocycles. The summed E-state index contributed by atoms with van der Waals surface area (Å²) >= 11 is 0. The van der Waals surface area contributed by atoms with E-state index in [9.17, 15) is 9.59 Å². The van der Waals surface area contributed by atoms with Crippen molar-refractivity contribution in [1.82, 2.24) is 4.90 Å². The van der Waals surface area contributed by atoms with Gasteiger partial charge < -0.3 is 16.4 Å². The Balaban J connectivity index is 2.04. The minimum atomic E-state index is -0.319. The van der Waals surface area contributed by atoms with E-state index in [2.05, 4.69) is 0 Å². The molecule has 1 aliphatic heterocycles. The maximum absolute atomic E-state index is 12.4. The van der Waals surface area contributed by atoms with E-state index >= 15 is 0 Å². The summed E-state index contributed by atoms with van der Waals surface area (Å²) in [4.78, 5) is 25.4. The third-order valence-corrected chi connectivity index (χ3v) is 3.74. The van der Waals surface area contributed by atoms with Crippen LogP contribution >= 0.6 is 0 Å². The number of carbonyl (C=O) groups is 2. The molecule has 0 saturated carbocycles. The van der Waals surface area contributed by atoms with Crippen LogP contribution in [0.2, 0.25) is 0 Å². The first-order valence-electron chi connectivity index (χ1n) is 6.99. The molecule has 5 heteroatoms. The van der Waals surface area contributed by atoms with E-state index in [1.54, 1.807) is 4.90 Å². The average Bonchev–Trinajstić information content (AvgIpc) is 2.48. The molecule has 1 atom stereocenters. The molecular weight excluding hydrogens is 254 g/mol. The van der Waals surface area contributed by atoms with Crippen molar-refractivity contribution in [2.75, 3.05) is 19.6 Å². The Labute approximate surface area is 118 Å². The SMILES string of the molecule is NCCc1ccc(C(=O)N2CCCC(C(N)=O)C2)cc1. The Morgan fingerprint density at radius 3 is 2.55 bits per heavy atom. The van der Waals surface area contributed by atoms with Gasteiger partial charge in [-0.05, 0) is 43.5 Å². The third-order valence-electron chi connectivity index (χ3n) is 3.74. The van der Waals surface area contributed by atoms with E-state index in [4.69, 9.17) is 11.5 Å². The summed E-state index contributed by atoms with van der Waals surface area (Å²) in [5, 5.41) is 0. The number of hydrogen-bond acceptors (Lipinski definition) is 3. The zero-order valence-corrected chi connectivity index (χ0v) is 11.5. The van der Waals surface area contributed by atoms with Crippen LogP contribution in [0.15, 0.2) is 24.3 Å². The summed E-state index contributed by atoms with van der Waals surface area (Å²) < 4.78 is 0. The molecule has 2 rings (SSSR count). The summed E-state index contributed by atoms with van der Waals surface area (Å²) in [5.41, 5.74) is 12.6. The number of primary amides is 1. The zero-order chi connectivity index (χ0) is 14.5. The van der Waals surface area contributed by atoms with Gasteiger partial charge in [-0.3, -0.25) is 9.59 Å². The Morgan fingerprint density at radius 2 is 1.95 bits per heavy atom. The molecule has 2 amide bonds. The largest absolute Gasteiger partial charge is 0.369 e. The number of carbonyl (C=O) groups excluding carboxylic acids is 2. The van der Waals surface area contributed by atoms with Crippen molar-refractivity contribution in [2.24, 2.45) is 17.4 Å². The van der Waals surface area contributed by atoms with Crippen LogP contribution in [-0.2, 0) is 11.2 Å². The van der Waals surface area contributed by atoms with E-state index < -0.39 is 0 Å². The molecule has 1 aliphatic rings. The van der Waals surface area contributed by atoms with Crippen LogP contribution < -0.4 is 11.5 Å². The van der Waals surface area contributed by atoms with Gasteiger partial charge in [-0.15, -0.1) is 0 Å². The Morgan fingerprint density at radius 1 is 1.25 bits per heavy atom. The van der Waals surface area contributed by atoms with E-state index in [1.165, 1.54) is 0 Å². The van der Waals surface area contributed by atoms with Gasteiger partial charge in [-0.2, -0.15) is 0 Å². The Hall–Kier alpha value is -1.88. The molecule has 1 saturated heterocycles. The van der Waals surface area contributed by atoms with Crippen molar-refractivity contribution in [2.45, 2.75) is 19.3 Å². The number of hydrogen-bond donors (Lipinski definition) is 2. The molecule has 0 spiro atoms. The van der Waals surface area contributed by atoms with E-state index in [1.807, 2.05) is 24.3 Å². The van der Waals surface area contributed by atoms with Crippen molar-refractivity contribution in [1.29, 1.82) is 0 Å². The second kappa shape index (κ2) is 6.52. The fourth-order valence-corrected chi connectivity index (χ4v) is 2.56. The highest BCUT2D eigenvalue weighted by Crippen LogP contribution is 2.18. The first-order chi connectivity index (χ1) is 9.61. The molecule has 1 fully saturated rings. The lowest BCUT2D eigenvalue weighted by Crippen LogP contribution is -2.44. The lowest BCUT2D eigenvalue weighted by atomic mass is 9.96. The van der Waals surface area contributed by atoms with Gasteiger partial charge >= 0.3 is 0 Å². The topological polar surface area (TPSA) is 89.4 Å². The maximum atomic E-state index is 12.4. The quantitative estimate of drug-likeness (QED) is 0.839. The van der Waals surface area contributed by atoms with Crippen molar-refractivity contribution in [3.05, 3.63) is 35.4 Å². The third kappa shape index (κ3) is 3.36. The predicted molar refractivity (Wildman–Crippen MR) is 77.0 cm³/mol. The van der Waals surface area contributed by atoms with Crippen LogP contribution in [0.3, 0.4) is 0 Å². The van der Waals surface area contributed by atoms with Gasteiger partial charge in [0.05, 0.1) is 5.92 Å². The first kappa shape index (κ1) is 14.5. The minimum Gasteiger partial charge on any atom is -0.369 e. The van der Waals surface area contributed by atoms with Gasteiger partial charge in [-0.1, -0.05) is 12.1 Å². The average molecular weight is 275 g/mol. The molecule has 5 nitrogen and oxygen atoms in total. The van der Waals surface area contributed by atoms with E-state index in [0.717, 1.165) is 24.8 Å². The number of rotatable bonds is 4. The fourth-order valence-electron chi connectivity index (χ4n) is 2.56. The highest BCUT2D eigenvalue weighted by molar-refractivity contribution is 5.94. The summed E-state index contributed by atoms with van der Waals surface area (Å²) in [6, 6.07) is 7.49. The van der Waals surface area contributed by atoms with Crippen molar-refractivity contribution < 1.29 is 9.59 Å². The van der Waals surface area contributed by atoms with E-state index in [-0.39, 0.29) is 17.7 Å².